The van der Waals surface area contributed by atoms with Crippen molar-refractivity contribution in [3.63, 3.8) is 0 Å². The van der Waals surface area contributed by atoms with Crippen LogP contribution < -0.4 is 20.3 Å². The van der Waals surface area contributed by atoms with Gasteiger partial charge in [0.15, 0.2) is 6.61 Å². The Morgan fingerprint density at radius 1 is 1.03 bits per heavy atom. The fraction of sp³-hybridized carbons (Fsp3) is 0.344. The van der Waals surface area contributed by atoms with Gasteiger partial charge in [-0.25, -0.2) is 0 Å². The van der Waals surface area contributed by atoms with Crippen LogP contribution in [0, 0.1) is 12.8 Å². The summed E-state index contributed by atoms with van der Waals surface area (Å²) in [4.78, 5) is 39.6. The molecule has 0 bridgehead atoms. The molecule has 1 aliphatic rings. The first-order chi connectivity index (χ1) is 18.7. The Balaban J connectivity index is 1.27. The lowest BCUT2D eigenvalue weighted by Crippen LogP contribution is -2.32. The average molecular weight is 528 g/mol. The third kappa shape index (κ3) is 7.05. The molecule has 3 amide bonds. The fourth-order valence-electron chi connectivity index (χ4n) is 4.74. The number of carbonyl (C=O) groups is 3. The minimum absolute atomic E-state index is 0.0885. The molecule has 0 aromatic heterocycles. The van der Waals surface area contributed by atoms with Crippen LogP contribution in [0.1, 0.15) is 55.4 Å². The molecule has 1 saturated heterocycles. The molecule has 0 radical (unpaired) electrons. The van der Waals surface area contributed by atoms with Crippen molar-refractivity contribution in [3.8, 4) is 5.75 Å². The molecule has 0 unspecified atom stereocenters. The van der Waals surface area contributed by atoms with Crippen molar-refractivity contribution in [2.75, 3.05) is 23.4 Å². The van der Waals surface area contributed by atoms with Crippen molar-refractivity contribution in [3.05, 3.63) is 89.0 Å². The molecule has 1 fully saturated rings. The Labute approximate surface area is 230 Å². The lowest BCUT2D eigenvalue weighted by Gasteiger charge is -2.17. The maximum Gasteiger partial charge on any atom is 0.262 e. The summed E-state index contributed by atoms with van der Waals surface area (Å²) in [6.07, 6.45) is 0.999. The largest absolute Gasteiger partial charge is 0.484 e. The summed E-state index contributed by atoms with van der Waals surface area (Å²) in [6, 6.07) is 21.2. The number of anilines is 2. The van der Waals surface area contributed by atoms with Gasteiger partial charge in [-0.1, -0.05) is 63.2 Å². The van der Waals surface area contributed by atoms with Crippen LogP contribution >= 0.6 is 0 Å². The van der Waals surface area contributed by atoms with E-state index in [1.807, 2.05) is 37.3 Å². The molecule has 0 spiro atoms. The standard InChI is InChI=1S/C32H37N3O4/c1-5-24-8-6-7-22(4)31(24)34-29(36)20-39-28-15-13-27(14-16-28)35-19-26(17-30(35)37)32(38)33-18-23-9-11-25(12-10-23)21(2)3/h6-16,21,26H,5,17-20H2,1-4H3,(H,33,38)(H,34,36)/t26-/m0/s1. The van der Waals surface area contributed by atoms with Crippen LogP contribution in [0.4, 0.5) is 11.4 Å². The van der Waals surface area contributed by atoms with E-state index in [0.717, 1.165) is 28.8 Å². The summed E-state index contributed by atoms with van der Waals surface area (Å²) in [7, 11) is 0. The average Bonchev–Trinajstić information content (AvgIpc) is 3.33. The summed E-state index contributed by atoms with van der Waals surface area (Å²) in [6.45, 7) is 8.95. The lowest BCUT2D eigenvalue weighted by atomic mass is 10.0. The Morgan fingerprint density at radius 3 is 2.41 bits per heavy atom. The second-order valence-corrected chi connectivity index (χ2v) is 10.3. The SMILES string of the molecule is CCc1cccc(C)c1NC(=O)COc1ccc(N2C[C@@H](C(=O)NCc3ccc(C(C)C)cc3)CC2=O)cc1. The van der Waals surface area contributed by atoms with E-state index in [1.54, 1.807) is 29.2 Å². The predicted octanol–water partition coefficient (Wildman–Crippen LogP) is 5.37. The quantitative estimate of drug-likeness (QED) is 0.371. The number of rotatable bonds is 10. The molecule has 0 saturated carbocycles. The van der Waals surface area contributed by atoms with E-state index in [9.17, 15) is 14.4 Å². The number of ether oxygens (including phenoxy) is 1. The zero-order chi connectivity index (χ0) is 27.9. The predicted molar refractivity (Wildman–Crippen MR) is 154 cm³/mol. The van der Waals surface area contributed by atoms with Gasteiger partial charge >= 0.3 is 0 Å². The normalized spacial score (nSPS) is 14.9. The van der Waals surface area contributed by atoms with Gasteiger partial charge in [0.25, 0.3) is 5.91 Å². The molecular formula is C32H37N3O4. The molecule has 7 nitrogen and oxygen atoms in total. The number of hydrogen-bond donors (Lipinski definition) is 2. The monoisotopic (exact) mass is 527 g/mol. The maximum absolute atomic E-state index is 12.8. The molecule has 1 heterocycles. The van der Waals surface area contributed by atoms with Gasteiger partial charge in [-0.3, -0.25) is 14.4 Å². The van der Waals surface area contributed by atoms with E-state index < -0.39 is 5.92 Å². The molecule has 3 aromatic rings. The van der Waals surface area contributed by atoms with Crippen molar-refractivity contribution >= 4 is 29.1 Å². The minimum Gasteiger partial charge on any atom is -0.484 e. The van der Waals surface area contributed by atoms with Crippen LogP contribution in [0.3, 0.4) is 0 Å². The third-order valence-electron chi connectivity index (χ3n) is 7.13. The second kappa shape index (κ2) is 12.6. The van der Waals surface area contributed by atoms with Gasteiger partial charge in [-0.2, -0.15) is 0 Å². The van der Waals surface area contributed by atoms with Crippen molar-refractivity contribution in [2.24, 2.45) is 5.92 Å². The van der Waals surface area contributed by atoms with Crippen LogP contribution in [-0.2, 0) is 27.3 Å². The highest BCUT2D eigenvalue weighted by Crippen LogP contribution is 2.27. The van der Waals surface area contributed by atoms with E-state index >= 15 is 0 Å². The number of nitrogens with one attached hydrogen (secondary N) is 2. The van der Waals surface area contributed by atoms with Crippen molar-refractivity contribution in [1.29, 1.82) is 0 Å². The highest BCUT2D eigenvalue weighted by atomic mass is 16.5. The highest BCUT2D eigenvalue weighted by Gasteiger charge is 2.35. The van der Waals surface area contributed by atoms with E-state index in [-0.39, 0.29) is 30.7 Å². The van der Waals surface area contributed by atoms with Crippen LogP contribution in [0.2, 0.25) is 0 Å². The molecule has 3 aromatic carbocycles. The van der Waals surface area contributed by atoms with E-state index in [2.05, 4.69) is 43.5 Å². The number of nitrogens with zero attached hydrogens (tertiary/aromatic N) is 1. The van der Waals surface area contributed by atoms with E-state index in [4.69, 9.17) is 4.74 Å². The zero-order valence-electron chi connectivity index (χ0n) is 23.1. The Hall–Kier alpha value is -4.13. The smallest absolute Gasteiger partial charge is 0.262 e. The van der Waals surface area contributed by atoms with Gasteiger partial charge in [0.2, 0.25) is 11.8 Å². The van der Waals surface area contributed by atoms with Crippen molar-refractivity contribution < 1.29 is 19.1 Å². The van der Waals surface area contributed by atoms with Gasteiger partial charge in [-0.15, -0.1) is 0 Å². The van der Waals surface area contributed by atoms with Gasteiger partial charge in [0.1, 0.15) is 5.75 Å². The molecule has 1 aliphatic heterocycles. The lowest BCUT2D eigenvalue weighted by molar-refractivity contribution is -0.126. The Bertz CT molecular complexity index is 1320. The summed E-state index contributed by atoms with van der Waals surface area (Å²) >= 11 is 0. The first-order valence-corrected chi connectivity index (χ1v) is 13.5. The number of benzene rings is 3. The van der Waals surface area contributed by atoms with Gasteiger partial charge in [0, 0.05) is 30.9 Å². The number of amides is 3. The first-order valence-electron chi connectivity index (χ1n) is 13.5. The van der Waals surface area contributed by atoms with Crippen molar-refractivity contribution in [1.82, 2.24) is 5.32 Å². The summed E-state index contributed by atoms with van der Waals surface area (Å²) in [5, 5.41) is 5.92. The molecular weight excluding hydrogens is 490 g/mol. The summed E-state index contributed by atoms with van der Waals surface area (Å²) < 4.78 is 5.67. The molecule has 1 atom stereocenters. The summed E-state index contributed by atoms with van der Waals surface area (Å²) in [5.74, 6) is 0.143. The van der Waals surface area contributed by atoms with Crippen LogP contribution in [0.5, 0.6) is 5.75 Å². The fourth-order valence-corrected chi connectivity index (χ4v) is 4.74. The van der Waals surface area contributed by atoms with Gasteiger partial charge < -0.3 is 20.3 Å². The third-order valence-corrected chi connectivity index (χ3v) is 7.13. The van der Waals surface area contributed by atoms with E-state index in [0.29, 0.717) is 30.4 Å². The van der Waals surface area contributed by atoms with Crippen LogP contribution in [0.15, 0.2) is 66.7 Å². The van der Waals surface area contributed by atoms with Crippen LogP contribution in [-0.4, -0.2) is 30.9 Å². The Kier molecular flexibility index (Phi) is 9.02. The molecule has 39 heavy (non-hydrogen) atoms. The van der Waals surface area contributed by atoms with Crippen molar-refractivity contribution in [2.45, 2.75) is 53.0 Å². The summed E-state index contributed by atoms with van der Waals surface area (Å²) in [5.41, 5.74) is 5.91. The van der Waals surface area contributed by atoms with Gasteiger partial charge in [0.05, 0.1) is 5.92 Å². The number of aryl methyl sites for hydroxylation is 2. The maximum atomic E-state index is 12.8. The molecule has 2 N–H and O–H groups in total. The first kappa shape index (κ1) is 27.9. The molecule has 4 rings (SSSR count). The number of para-hydroxylation sites is 1. The number of hydrogen-bond acceptors (Lipinski definition) is 4. The highest BCUT2D eigenvalue weighted by molar-refractivity contribution is 6.00. The molecule has 0 aliphatic carbocycles. The van der Waals surface area contributed by atoms with E-state index in [1.165, 1.54) is 5.56 Å². The minimum atomic E-state index is -0.401. The Morgan fingerprint density at radius 2 is 1.74 bits per heavy atom. The zero-order valence-corrected chi connectivity index (χ0v) is 23.1. The second-order valence-electron chi connectivity index (χ2n) is 10.3. The molecule has 204 valence electrons. The van der Waals surface area contributed by atoms with Crippen LogP contribution in [0.25, 0.3) is 0 Å². The number of carbonyl (C=O) groups excluding carboxylic acids is 3. The topological polar surface area (TPSA) is 87.7 Å². The van der Waals surface area contributed by atoms with Gasteiger partial charge in [-0.05, 0) is 65.8 Å². The molecule has 7 heteroatoms.